The number of anilines is 1. The highest BCUT2D eigenvalue weighted by atomic mass is 32.1. The van der Waals surface area contributed by atoms with Crippen LogP contribution >= 0.6 is 11.5 Å². The van der Waals surface area contributed by atoms with Crippen LogP contribution < -0.4 is 4.90 Å². The molecule has 0 N–H and O–H groups in total. The Morgan fingerprint density at radius 3 is 2.78 bits per heavy atom. The molecule has 2 aliphatic rings. The molecule has 18 heavy (non-hydrogen) atoms. The van der Waals surface area contributed by atoms with Gasteiger partial charge in [-0.15, -0.1) is 0 Å². The number of piperidine rings is 1. The van der Waals surface area contributed by atoms with Crippen LogP contribution in [0.5, 0.6) is 0 Å². The lowest BCUT2D eigenvalue weighted by Crippen LogP contribution is -2.47. The van der Waals surface area contributed by atoms with Crippen molar-refractivity contribution < 1.29 is 0 Å². The van der Waals surface area contributed by atoms with Crippen molar-refractivity contribution in [1.29, 1.82) is 0 Å². The molecule has 100 valence electrons. The van der Waals surface area contributed by atoms with Gasteiger partial charge < -0.3 is 9.80 Å². The maximum atomic E-state index is 4.72. The fraction of sp³-hybridized carbons (Fsp3) is 0.846. The Morgan fingerprint density at radius 2 is 2.11 bits per heavy atom. The monoisotopic (exact) mass is 266 g/mol. The molecule has 1 aromatic heterocycles. The summed E-state index contributed by atoms with van der Waals surface area (Å²) in [6.45, 7) is 4.72. The van der Waals surface area contributed by atoms with Crippen molar-refractivity contribution in [3.05, 3.63) is 5.82 Å². The Labute approximate surface area is 113 Å². The number of hydrogen-bond acceptors (Lipinski definition) is 5. The topological polar surface area (TPSA) is 32.3 Å². The van der Waals surface area contributed by atoms with Crippen molar-refractivity contribution in [3.63, 3.8) is 0 Å². The van der Waals surface area contributed by atoms with E-state index in [0.717, 1.165) is 11.0 Å². The molecule has 1 saturated heterocycles. The summed E-state index contributed by atoms with van der Waals surface area (Å²) >= 11 is 1.57. The number of rotatable bonds is 3. The molecule has 3 rings (SSSR count). The molecular weight excluding hydrogens is 244 g/mol. The second-order valence-electron chi connectivity index (χ2n) is 5.92. The Kier molecular flexibility index (Phi) is 3.28. The van der Waals surface area contributed by atoms with Crippen LogP contribution in [0.3, 0.4) is 0 Å². The standard InChI is InChI=1S/C13H22N4S/c1-9-8-16(2)7-6-11(9)17(3)13-14-12(15-18-13)10-4-5-10/h9-11H,4-8H2,1-3H3. The Balaban J connectivity index is 1.70. The highest BCUT2D eigenvalue weighted by Crippen LogP contribution is 2.40. The van der Waals surface area contributed by atoms with Crippen molar-refractivity contribution >= 4 is 16.7 Å². The highest BCUT2D eigenvalue weighted by molar-refractivity contribution is 7.09. The normalized spacial score (nSPS) is 29.5. The second-order valence-corrected chi connectivity index (χ2v) is 6.65. The first-order valence-corrected chi connectivity index (χ1v) is 7.67. The zero-order valence-corrected chi connectivity index (χ0v) is 12.3. The van der Waals surface area contributed by atoms with Gasteiger partial charge in [-0.1, -0.05) is 6.92 Å². The van der Waals surface area contributed by atoms with Gasteiger partial charge in [0.05, 0.1) is 0 Å². The average Bonchev–Trinajstić information content (AvgIpc) is 3.06. The maximum Gasteiger partial charge on any atom is 0.205 e. The number of hydrogen-bond donors (Lipinski definition) is 0. The molecule has 0 aromatic carbocycles. The molecule has 5 heteroatoms. The van der Waals surface area contributed by atoms with E-state index in [0.29, 0.717) is 17.9 Å². The zero-order chi connectivity index (χ0) is 12.7. The van der Waals surface area contributed by atoms with Gasteiger partial charge in [-0.05, 0) is 38.8 Å². The van der Waals surface area contributed by atoms with E-state index >= 15 is 0 Å². The maximum absolute atomic E-state index is 4.72. The molecule has 0 amide bonds. The Hall–Kier alpha value is -0.680. The lowest BCUT2D eigenvalue weighted by atomic mass is 9.93. The molecule has 2 fully saturated rings. The first kappa shape index (κ1) is 12.4. The molecular formula is C13H22N4S. The van der Waals surface area contributed by atoms with Gasteiger partial charge in [0, 0.05) is 37.1 Å². The van der Waals surface area contributed by atoms with E-state index in [-0.39, 0.29) is 0 Å². The predicted molar refractivity (Wildman–Crippen MR) is 75.4 cm³/mol. The van der Waals surface area contributed by atoms with Gasteiger partial charge in [-0.25, -0.2) is 4.98 Å². The third kappa shape index (κ3) is 2.38. The van der Waals surface area contributed by atoms with Crippen LogP contribution in [-0.2, 0) is 0 Å². The minimum absolute atomic E-state index is 0.612. The van der Waals surface area contributed by atoms with Crippen molar-refractivity contribution in [2.24, 2.45) is 5.92 Å². The van der Waals surface area contributed by atoms with E-state index in [4.69, 9.17) is 4.98 Å². The van der Waals surface area contributed by atoms with E-state index in [1.807, 2.05) is 0 Å². The minimum Gasteiger partial charge on any atom is -0.347 e. The minimum atomic E-state index is 0.612. The van der Waals surface area contributed by atoms with Crippen LogP contribution in [-0.4, -0.2) is 47.5 Å². The molecule has 2 unspecified atom stereocenters. The summed E-state index contributed by atoms with van der Waals surface area (Å²) < 4.78 is 4.51. The number of likely N-dealkylation sites (tertiary alicyclic amines) is 1. The van der Waals surface area contributed by atoms with Gasteiger partial charge in [0.15, 0.2) is 0 Å². The van der Waals surface area contributed by atoms with E-state index < -0.39 is 0 Å². The number of aromatic nitrogens is 2. The fourth-order valence-corrected chi connectivity index (χ4v) is 3.70. The molecule has 2 heterocycles. The average molecular weight is 266 g/mol. The van der Waals surface area contributed by atoms with Gasteiger partial charge in [-0.3, -0.25) is 0 Å². The van der Waals surface area contributed by atoms with Crippen LogP contribution in [0.25, 0.3) is 0 Å². The summed E-state index contributed by atoms with van der Waals surface area (Å²) in [4.78, 5) is 9.50. The largest absolute Gasteiger partial charge is 0.347 e. The summed E-state index contributed by atoms with van der Waals surface area (Å²) in [7, 11) is 4.40. The molecule has 1 aliphatic heterocycles. The summed E-state index contributed by atoms with van der Waals surface area (Å²) in [6, 6.07) is 0.612. The lowest BCUT2D eigenvalue weighted by Gasteiger charge is -2.39. The van der Waals surface area contributed by atoms with Crippen molar-refractivity contribution in [2.75, 3.05) is 32.1 Å². The van der Waals surface area contributed by atoms with E-state index in [2.05, 4.69) is 35.2 Å². The first-order chi connectivity index (χ1) is 8.65. The summed E-state index contributed by atoms with van der Waals surface area (Å²) in [5.41, 5.74) is 0. The first-order valence-electron chi connectivity index (χ1n) is 6.90. The summed E-state index contributed by atoms with van der Waals surface area (Å²) in [5.74, 6) is 2.45. The fourth-order valence-electron chi connectivity index (χ4n) is 2.94. The molecule has 1 saturated carbocycles. The third-order valence-corrected chi connectivity index (χ3v) is 5.06. The zero-order valence-electron chi connectivity index (χ0n) is 11.5. The van der Waals surface area contributed by atoms with Crippen LogP contribution in [0.1, 0.15) is 37.9 Å². The van der Waals surface area contributed by atoms with E-state index in [9.17, 15) is 0 Å². The summed E-state index contributed by atoms with van der Waals surface area (Å²) in [6.07, 6.45) is 3.79. The van der Waals surface area contributed by atoms with Gasteiger partial charge in [0.2, 0.25) is 5.13 Å². The molecule has 0 radical (unpaired) electrons. The SMILES string of the molecule is CC1CN(C)CCC1N(C)c1nc(C2CC2)ns1. The van der Waals surface area contributed by atoms with Gasteiger partial charge in [-0.2, -0.15) is 4.37 Å². The smallest absolute Gasteiger partial charge is 0.205 e. The van der Waals surface area contributed by atoms with Crippen molar-refractivity contribution in [3.8, 4) is 0 Å². The predicted octanol–water partition coefficient (Wildman–Crippen LogP) is 2.19. The molecule has 2 atom stereocenters. The van der Waals surface area contributed by atoms with Crippen LogP contribution in [0.4, 0.5) is 5.13 Å². The van der Waals surface area contributed by atoms with Crippen LogP contribution in [0, 0.1) is 5.92 Å². The molecule has 1 aromatic rings. The van der Waals surface area contributed by atoms with Gasteiger partial charge in [0.25, 0.3) is 0 Å². The quantitative estimate of drug-likeness (QED) is 0.839. The number of nitrogens with zero attached hydrogens (tertiary/aromatic N) is 4. The van der Waals surface area contributed by atoms with Gasteiger partial charge >= 0.3 is 0 Å². The second kappa shape index (κ2) is 4.78. The highest BCUT2D eigenvalue weighted by Gasteiger charge is 2.31. The third-order valence-electron chi connectivity index (χ3n) is 4.24. The van der Waals surface area contributed by atoms with Crippen molar-refractivity contribution in [2.45, 2.75) is 38.1 Å². The lowest BCUT2D eigenvalue weighted by molar-refractivity contribution is 0.194. The molecule has 1 aliphatic carbocycles. The molecule has 4 nitrogen and oxygen atoms in total. The molecule has 0 spiro atoms. The van der Waals surface area contributed by atoms with E-state index in [1.165, 1.54) is 32.4 Å². The Morgan fingerprint density at radius 1 is 1.33 bits per heavy atom. The Bertz CT molecular complexity index is 415. The van der Waals surface area contributed by atoms with E-state index in [1.54, 1.807) is 11.5 Å². The van der Waals surface area contributed by atoms with Crippen LogP contribution in [0.2, 0.25) is 0 Å². The van der Waals surface area contributed by atoms with Crippen molar-refractivity contribution in [1.82, 2.24) is 14.3 Å². The molecule has 0 bridgehead atoms. The summed E-state index contributed by atoms with van der Waals surface area (Å²) in [5, 5.41) is 1.11. The van der Waals surface area contributed by atoms with Crippen LogP contribution in [0.15, 0.2) is 0 Å². The van der Waals surface area contributed by atoms with Gasteiger partial charge in [0.1, 0.15) is 5.82 Å².